The van der Waals surface area contributed by atoms with Crippen LogP contribution in [0.25, 0.3) is 0 Å². The van der Waals surface area contributed by atoms with Gasteiger partial charge in [0.1, 0.15) is 0 Å². The maximum Gasteiger partial charge on any atom is 0.170 e. The monoisotopic (exact) mass is 391 g/mol. The number of hydrogen-bond acceptors (Lipinski definition) is 3. The maximum absolute atomic E-state index is 5.93. The average molecular weight is 392 g/mol. The van der Waals surface area contributed by atoms with Gasteiger partial charge in [0.15, 0.2) is 5.79 Å². The third-order valence-corrected chi connectivity index (χ3v) is 7.57. The van der Waals surface area contributed by atoms with Crippen LogP contribution in [-0.2, 0) is 21.3 Å². The fourth-order valence-corrected chi connectivity index (χ4v) is 5.88. The zero-order valence-electron chi connectivity index (χ0n) is 17.4. The average Bonchev–Trinajstić information content (AvgIpc) is 3.24. The van der Waals surface area contributed by atoms with Crippen LogP contribution in [0.5, 0.6) is 0 Å². The van der Waals surface area contributed by atoms with Crippen LogP contribution < -0.4 is 0 Å². The van der Waals surface area contributed by atoms with Crippen molar-refractivity contribution in [2.45, 2.75) is 62.2 Å². The van der Waals surface area contributed by atoms with Crippen molar-refractivity contribution in [3.8, 4) is 0 Å². The lowest BCUT2D eigenvalue weighted by Gasteiger charge is -2.47. The largest absolute Gasteiger partial charge is 0.347 e. The third-order valence-electron chi connectivity index (χ3n) is 7.57. The highest BCUT2D eigenvalue weighted by Crippen LogP contribution is 2.44. The summed E-state index contributed by atoms with van der Waals surface area (Å²) in [6, 6.07) is 23.0. The quantitative estimate of drug-likeness (QED) is 0.736. The van der Waals surface area contributed by atoms with E-state index in [1.165, 1.54) is 36.8 Å². The second-order valence-corrected chi connectivity index (χ2v) is 9.18. The molecule has 2 aromatic rings. The standard InChI is InChI=1S/C26H33NO2/c1-3-7-22(8-4-1)21-25(23-9-5-2-6-10-23)13-11-24(12-14-25)27-17-15-26(16-18-27)28-19-20-29-26/h1-10,24H,11-21H2. The Morgan fingerprint density at radius 1 is 0.759 bits per heavy atom. The second-order valence-electron chi connectivity index (χ2n) is 9.18. The van der Waals surface area contributed by atoms with Gasteiger partial charge in [0.2, 0.25) is 0 Å². The van der Waals surface area contributed by atoms with E-state index in [1.54, 1.807) is 0 Å². The van der Waals surface area contributed by atoms with Crippen LogP contribution >= 0.6 is 0 Å². The van der Waals surface area contributed by atoms with Crippen molar-refractivity contribution in [2.24, 2.45) is 0 Å². The molecule has 5 rings (SSSR count). The highest BCUT2D eigenvalue weighted by atomic mass is 16.7. The van der Waals surface area contributed by atoms with Gasteiger partial charge in [0.25, 0.3) is 0 Å². The van der Waals surface area contributed by atoms with Crippen LogP contribution in [0.2, 0.25) is 0 Å². The maximum atomic E-state index is 5.93. The van der Waals surface area contributed by atoms with Gasteiger partial charge in [0.05, 0.1) is 13.2 Å². The van der Waals surface area contributed by atoms with Crippen molar-refractivity contribution in [3.63, 3.8) is 0 Å². The molecule has 154 valence electrons. The summed E-state index contributed by atoms with van der Waals surface area (Å²) in [5, 5.41) is 0. The first-order valence-corrected chi connectivity index (χ1v) is 11.4. The summed E-state index contributed by atoms with van der Waals surface area (Å²) in [6.45, 7) is 3.76. The van der Waals surface area contributed by atoms with Gasteiger partial charge in [-0.3, -0.25) is 4.90 Å². The molecule has 0 amide bonds. The van der Waals surface area contributed by atoms with E-state index in [0.29, 0.717) is 6.04 Å². The lowest BCUT2D eigenvalue weighted by molar-refractivity contribution is -0.188. The molecular formula is C26H33NO2. The normalized spacial score (nSPS) is 29.9. The van der Waals surface area contributed by atoms with Gasteiger partial charge in [-0.25, -0.2) is 0 Å². The molecule has 2 heterocycles. The van der Waals surface area contributed by atoms with Gasteiger partial charge in [-0.05, 0) is 48.6 Å². The van der Waals surface area contributed by atoms with E-state index >= 15 is 0 Å². The van der Waals surface area contributed by atoms with E-state index in [9.17, 15) is 0 Å². The first kappa shape index (κ1) is 19.3. The van der Waals surface area contributed by atoms with Crippen LogP contribution in [-0.4, -0.2) is 43.0 Å². The molecule has 0 atom stereocenters. The predicted octanol–water partition coefficient (Wildman–Crippen LogP) is 4.95. The number of benzene rings is 2. The summed E-state index contributed by atoms with van der Waals surface area (Å²) in [7, 11) is 0. The van der Waals surface area contributed by atoms with Crippen molar-refractivity contribution < 1.29 is 9.47 Å². The predicted molar refractivity (Wildman–Crippen MR) is 116 cm³/mol. The topological polar surface area (TPSA) is 21.7 Å². The van der Waals surface area contributed by atoms with Crippen LogP contribution in [0, 0.1) is 0 Å². The molecule has 1 aliphatic carbocycles. The third kappa shape index (κ3) is 4.01. The summed E-state index contributed by atoms with van der Waals surface area (Å²) in [6.07, 6.45) is 8.31. The van der Waals surface area contributed by atoms with Crippen molar-refractivity contribution in [3.05, 3.63) is 71.8 Å². The van der Waals surface area contributed by atoms with E-state index in [1.807, 2.05) is 0 Å². The lowest BCUT2D eigenvalue weighted by Crippen LogP contribution is -2.51. The highest BCUT2D eigenvalue weighted by Gasteiger charge is 2.43. The van der Waals surface area contributed by atoms with Crippen molar-refractivity contribution in [1.82, 2.24) is 4.90 Å². The molecule has 3 heteroatoms. The fraction of sp³-hybridized carbons (Fsp3) is 0.538. The number of likely N-dealkylation sites (tertiary alicyclic amines) is 1. The molecule has 0 unspecified atom stereocenters. The van der Waals surface area contributed by atoms with E-state index in [4.69, 9.17) is 9.47 Å². The minimum Gasteiger partial charge on any atom is -0.347 e. The molecule has 2 aromatic carbocycles. The molecule has 0 radical (unpaired) electrons. The number of hydrogen-bond donors (Lipinski definition) is 0. The van der Waals surface area contributed by atoms with Gasteiger partial charge in [-0.2, -0.15) is 0 Å². The SMILES string of the molecule is c1ccc(CC2(c3ccccc3)CCC(N3CCC4(CC3)OCCO4)CC2)cc1. The molecule has 3 aliphatic rings. The van der Waals surface area contributed by atoms with Crippen LogP contribution in [0.4, 0.5) is 0 Å². The molecule has 0 bridgehead atoms. The van der Waals surface area contributed by atoms with Crippen LogP contribution in [0.3, 0.4) is 0 Å². The number of nitrogens with zero attached hydrogens (tertiary/aromatic N) is 1. The van der Waals surface area contributed by atoms with E-state index in [2.05, 4.69) is 65.6 Å². The Balaban J connectivity index is 1.28. The molecule has 0 aromatic heterocycles. The summed E-state index contributed by atoms with van der Waals surface area (Å²) in [5.41, 5.74) is 3.26. The first-order valence-electron chi connectivity index (χ1n) is 11.4. The molecule has 1 spiro atoms. The number of piperidine rings is 1. The second kappa shape index (κ2) is 8.22. The van der Waals surface area contributed by atoms with Gasteiger partial charge in [-0.1, -0.05) is 60.7 Å². The summed E-state index contributed by atoms with van der Waals surface area (Å²) >= 11 is 0. The molecule has 2 saturated heterocycles. The van der Waals surface area contributed by atoms with E-state index < -0.39 is 0 Å². The molecular weight excluding hydrogens is 358 g/mol. The Hall–Kier alpha value is -1.68. The summed E-state index contributed by atoms with van der Waals surface area (Å²) < 4.78 is 11.9. The van der Waals surface area contributed by atoms with Crippen molar-refractivity contribution >= 4 is 0 Å². The van der Waals surface area contributed by atoms with Gasteiger partial charge in [0, 0.05) is 32.0 Å². The number of rotatable bonds is 4. The zero-order valence-corrected chi connectivity index (χ0v) is 17.4. The summed E-state index contributed by atoms with van der Waals surface area (Å²) in [4.78, 5) is 2.72. The molecule has 3 fully saturated rings. The minimum atomic E-state index is -0.258. The van der Waals surface area contributed by atoms with Crippen molar-refractivity contribution in [1.29, 1.82) is 0 Å². The van der Waals surface area contributed by atoms with Gasteiger partial charge in [-0.15, -0.1) is 0 Å². The summed E-state index contributed by atoms with van der Waals surface area (Å²) in [5.74, 6) is -0.258. The molecule has 29 heavy (non-hydrogen) atoms. The molecule has 0 N–H and O–H groups in total. The smallest absolute Gasteiger partial charge is 0.170 e. The van der Waals surface area contributed by atoms with Gasteiger partial charge < -0.3 is 9.47 Å². The Labute approximate surface area is 175 Å². The molecule has 1 saturated carbocycles. The highest BCUT2D eigenvalue weighted by molar-refractivity contribution is 5.30. The van der Waals surface area contributed by atoms with E-state index in [-0.39, 0.29) is 11.2 Å². The Morgan fingerprint density at radius 2 is 1.34 bits per heavy atom. The van der Waals surface area contributed by atoms with Crippen LogP contribution in [0.15, 0.2) is 60.7 Å². The number of ether oxygens (including phenoxy) is 2. The van der Waals surface area contributed by atoms with E-state index in [0.717, 1.165) is 45.6 Å². The van der Waals surface area contributed by atoms with Crippen molar-refractivity contribution in [2.75, 3.05) is 26.3 Å². The lowest BCUT2D eigenvalue weighted by atomic mass is 9.65. The Kier molecular flexibility index (Phi) is 5.47. The van der Waals surface area contributed by atoms with Gasteiger partial charge >= 0.3 is 0 Å². The fourth-order valence-electron chi connectivity index (χ4n) is 5.88. The minimum absolute atomic E-state index is 0.258. The van der Waals surface area contributed by atoms with Crippen LogP contribution in [0.1, 0.15) is 49.7 Å². The zero-order chi connectivity index (χ0) is 19.6. The molecule has 3 nitrogen and oxygen atoms in total. The molecule has 2 aliphatic heterocycles. The Bertz CT molecular complexity index is 767. The Morgan fingerprint density at radius 3 is 1.97 bits per heavy atom. The first-order chi connectivity index (χ1) is 14.3.